The highest BCUT2D eigenvalue weighted by atomic mass is 35.5. The van der Waals surface area contributed by atoms with Crippen molar-refractivity contribution in [1.29, 1.82) is 0 Å². The van der Waals surface area contributed by atoms with Gasteiger partial charge in [-0.05, 0) is 43.7 Å². The molecule has 7 nitrogen and oxygen atoms in total. The molecule has 0 aliphatic heterocycles. The van der Waals surface area contributed by atoms with Gasteiger partial charge in [0.15, 0.2) is 11.0 Å². The van der Waals surface area contributed by atoms with Gasteiger partial charge in [-0.15, -0.1) is 10.2 Å². The maximum atomic E-state index is 12.6. The SMILES string of the molecule is Cc1ccc(-n2c(SCC(=O)Nc3cccc(Cl)c3C)nnc2-c2cnccn2)cc1. The van der Waals surface area contributed by atoms with Crippen molar-refractivity contribution in [1.82, 2.24) is 24.7 Å². The van der Waals surface area contributed by atoms with E-state index in [4.69, 9.17) is 11.6 Å². The maximum Gasteiger partial charge on any atom is 0.234 e. The van der Waals surface area contributed by atoms with E-state index < -0.39 is 0 Å². The fourth-order valence-corrected chi connectivity index (χ4v) is 3.86. The highest BCUT2D eigenvalue weighted by Crippen LogP contribution is 2.28. The lowest BCUT2D eigenvalue weighted by molar-refractivity contribution is -0.113. The lowest BCUT2D eigenvalue weighted by Gasteiger charge is -2.11. The Balaban J connectivity index is 1.59. The minimum absolute atomic E-state index is 0.158. The Kier molecular flexibility index (Phi) is 6.29. The van der Waals surface area contributed by atoms with Gasteiger partial charge in [0, 0.05) is 28.8 Å². The second-order valence-corrected chi connectivity index (χ2v) is 8.17. The first-order valence-corrected chi connectivity index (χ1v) is 10.9. The van der Waals surface area contributed by atoms with Crippen LogP contribution in [0, 0.1) is 13.8 Å². The van der Waals surface area contributed by atoms with Gasteiger partial charge in [-0.2, -0.15) is 0 Å². The molecule has 0 aliphatic carbocycles. The van der Waals surface area contributed by atoms with Gasteiger partial charge >= 0.3 is 0 Å². The molecule has 0 unspecified atom stereocenters. The topological polar surface area (TPSA) is 85.6 Å². The zero-order chi connectivity index (χ0) is 21.8. The number of carbonyl (C=O) groups excluding carboxylic acids is 1. The minimum Gasteiger partial charge on any atom is -0.325 e. The van der Waals surface area contributed by atoms with Crippen molar-refractivity contribution in [2.45, 2.75) is 19.0 Å². The summed E-state index contributed by atoms with van der Waals surface area (Å²) in [5.74, 6) is 0.566. The van der Waals surface area contributed by atoms with E-state index >= 15 is 0 Å². The summed E-state index contributed by atoms with van der Waals surface area (Å²) in [7, 11) is 0. The Morgan fingerprint density at radius 3 is 2.65 bits per heavy atom. The molecule has 4 rings (SSSR count). The van der Waals surface area contributed by atoms with Gasteiger partial charge in [0.25, 0.3) is 0 Å². The number of hydrogen-bond acceptors (Lipinski definition) is 6. The van der Waals surface area contributed by atoms with Crippen molar-refractivity contribution in [3.8, 4) is 17.2 Å². The Morgan fingerprint density at radius 1 is 1.10 bits per heavy atom. The third kappa shape index (κ3) is 4.76. The Labute approximate surface area is 188 Å². The summed E-state index contributed by atoms with van der Waals surface area (Å²) in [5.41, 5.74) is 4.14. The molecule has 2 aromatic carbocycles. The normalized spacial score (nSPS) is 10.8. The highest BCUT2D eigenvalue weighted by molar-refractivity contribution is 7.99. The number of carbonyl (C=O) groups is 1. The molecule has 1 amide bonds. The van der Waals surface area contributed by atoms with Gasteiger partial charge < -0.3 is 5.32 Å². The van der Waals surface area contributed by atoms with Crippen molar-refractivity contribution in [2.75, 3.05) is 11.1 Å². The van der Waals surface area contributed by atoms with Crippen LogP contribution < -0.4 is 5.32 Å². The fraction of sp³-hybridized carbons (Fsp3) is 0.136. The van der Waals surface area contributed by atoms with E-state index in [2.05, 4.69) is 25.5 Å². The smallest absolute Gasteiger partial charge is 0.234 e. The number of rotatable bonds is 6. The molecule has 0 atom stereocenters. The molecule has 156 valence electrons. The lowest BCUT2D eigenvalue weighted by atomic mass is 10.2. The first-order valence-electron chi connectivity index (χ1n) is 9.49. The summed E-state index contributed by atoms with van der Waals surface area (Å²) in [4.78, 5) is 21.0. The van der Waals surface area contributed by atoms with E-state index in [1.807, 2.05) is 48.7 Å². The first-order chi connectivity index (χ1) is 15.0. The van der Waals surface area contributed by atoms with Crippen LogP contribution in [0.4, 0.5) is 5.69 Å². The highest BCUT2D eigenvalue weighted by Gasteiger charge is 2.18. The third-order valence-electron chi connectivity index (χ3n) is 4.59. The molecule has 0 fully saturated rings. The van der Waals surface area contributed by atoms with Crippen LogP contribution in [0.15, 0.2) is 66.2 Å². The summed E-state index contributed by atoms with van der Waals surface area (Å²) in [6.07, 6.45) is 4.85. The number of aromatic nitrogens is 5. The summed E-state index contributed by atoms with van der Waals surface area (Å²) >= 11 is 7.44. The molecule has 0 saturated carbocycles. The standard InChI is InChI=1S/C22H19ClN6OS/c1-14-6-8-16(9-7-14)29-21(19-12-24-10-11-25-19)27-28-22(29)31-13-20(30)26-18-5-3-4-17(23)15(18)2/h3-12H,13H2,1-2H3,(H,26,30). The van der Waals surface area contributed by atoms with E-state index in [1.165, 1.54) is 11.8 Å². The molecule has 9 heteroatoms. The van der Waals surface area contributed by atoms with Crippen molar-refractivity contribution >= 4 is 35.0 Å². The zero-order valence-electron chi connectivity index (χ0n) is 16.9. The van der Waals surface area contributed by atoms with Crippen LogP contribution in [0.2, 0.25) is 5.02 Å². The fourth-order valence-electron chi connectivity index (χ4n) is 2.93. The molecule has 31 heavy (non-hydrogen) atoms. The van der Waals surface area contributed by atoms with Crippen LogP contribution in [0.5, 0.6) is 0 Å². The van der Waals surface area contributed by atoms with Gasteiger partial charge in [-0.3, -0.25) is 14.3 Å². The molecule has 1 N–H and O–H groups in total. The molecule has 2 aromatic heterocycles. The quantitative estimate of drug-likeness (QED) is 0.427. The van der Waals surface area contributed by atoms with Crippen molar-refractivity contribution < 1.29 is 4.79 Å². The Hall–Kier alpha value is -3.23. The second kappa shape index (κ2) is 9.28. The van der Waals surface area contributed by atoms with Crippen LogP contribution in [-0.4, -0.2) is 36.4 Å². The number of halogens is 1. The number of hydrogen-bond donors (Lipinski definition) is 1. The number of nitrogens with one attached hydrogen (secondary N) is 1. The van der Waals surface area contributed by atoms with Crippen LogP contribution in [0.1, 0.15) is 11.1 Å². The van der Waals surface area contributed by atoms with Crippen LogP contribution in [-0.2, 0) is 4.79 Å². The summed E-state index contributed by atoms with van der Waals surface area (Å²) in [6.45, 7) is 3.89. The zero-order valence-corrected chi connectivity index (χ0v) is 18.5. The first kappa shape index (κ1) is 21.0. The molecule has 0 saturated heterocycles. The molecule has 0 radical (unpaired) electrons. The van der Waals surface area contributed by atoms with E-state index in [1.54, 1.807) is 30.7 Å². The van der Waals surface area contributed by atoms with Crippen LogP contribution in [0.3, 0.4) is 0 Å². The largest absolute Gasteiger partial charge is 0.325 e. The average molecular weight is 451 g/mol. The predicted molar refractivity (Wildman–Crippen MR) is 123 cm³/mol. The van der Waals surface area contributed by atoms with Gasteiger partial charge in [-0.1, -0.05) is 47.1 Å². The Bertz CT molecular complexity index is 1210. The second-order valence-electron chi connectivity index (χ2n) is 6.82. The number of aryl methyl sites for hydroxylation is 1. The van der Waals surface area contributed by atoms with Gasteiger partial charge in [0.05, 0.1) is 11.9 Å². The van der Waals surface area contributed by atoms with Crippen molar-refractivity contribution in [3.05, 3.63) is 77.2 Å². The maximum absolute atomic E-state index is 12.6. The number of benzene rings is 2. The van der Waals surface area contributed by atoms with Gasteiger partial charge in [0.1, 0.15) is 5.69 Å². The van der Waals surface area contributed by atoms with Gasteiger partial charge in [-0.25, -0.2) is 4.98 Å². The van der Waals surface area contributed by atoms with Crippen LogP contribution in [0.25, 0.3) is 17.2 Å². The number of anilines is 1. The summed E-state index contributed by atoms with van der Waals surface area (Å²) < 4.78 is 1.88. The molecule has 0 aliphatic rings. The summed E-state index contributed by atoms with van der Waals surface area (Å²) in [6, 6.07) is 13.4. The van der Waals surface area contributed by atoms with Crippen molar-refractivity contribution in [3.63, 3.8) is 0 Å². The number of amides is 1. The van der Waals surface area contributed by atoms with E-state index in [9.17, 15) is 4.79 Å². The van der Waals surface area contributed by atoms with E-state index in [0.29, 0.717) is 27.4 Å². The Morgan fingerprint density at radius 2 is 1.90 bits per heavy atom. The monoisotopic (exact) mass is 450 g/mol. The molecule has 0 bridgehead atoms. The number of nitrogens with zero attached hydrogens (tertiary/aromatic N) is 5. The molecular weight excluding hydrogens is 432 g/mol. The van der Waals surface area contributed by atoms with E-state index in [0.717, 1.165) is 16.8 Å². The molecule has 0 spiro atoms. The summed E-state index contributed by atoms with van der Waals surface area (Å²) in [5, 5.41) is 12.7. The third-order valence-corrected chi connectivity index (χ3v) is 5.93. The van der Waals surface area contributed by atoms with Crippen LogP contribution >= 0.6 is 23.4 Å². The molecular formula is C22H19ClN6OS. The lowest BCUT2D eigenvalue weighted by Crippen LogP contribution is -2.15. The van der Waals surface area contributed by atoms with E-state index in [-0.39, 0.29) is 11.7 Å². The van der Waals surface area contributed by atoms with Gasteiger partial charge in [0.2, 0.25) is 5.91 Å². The minimum atomic E-state index is -0.158. The number of thioether (sulfide) groups is 1. The molecule has 2 heterocycles. The predicted octanol–water partition coefficient (Wildman–Crippen LogP) is 4.73. The van der Waals surface area contributed by atoms with Crippen molar-refractivity contribution in [2.24, 2.45) is 0 Å². The molecule has 4 aromatic rings. The average Bonchev–Trinajstić information content (AvgIpc) is 3.21.